The maximum atomic E-state index is 13.8. The second-order valence-corrected chi connectivity index (χ2v) is 4.61. The molecule has 2 aromatic rings. The van der Waals surface area contributed by atoms with Crippen molar-refractivity contribution < 1.29 is 9.18 Å². The summed E-state index contributed by atoms with van der Waals surface area (Å²) in [6, 6.07) is 2.86. The van der Waals surface area contributed by atoms with Crippen LogP contribution < -0.4 is 11.1 Å². The molecule has 0 aliphatic heterocycles. The summed E-state index contributed by atoms with van der Waals surface area (Å²) in [5, 5.41) is 2.69. The fourth-order valence-corrected chi connectivity index (χ4v) is 1.94. The predicted molar refractivity (Wildman–Crippen MR) is 74.7 cm³/mol. The van der Waals surface area contributed by atoms with Crippen molar-refractivity contribution in [1.29, 1.82) is 0 Å². The quantitative estimate of drug-likeness (QED) is 0.645. The van der Waals surface area contributed by atoms with Gasteiger partial charge in [0, 0.05) is 31.2 Å². The van der Waals surface area contributed by atoms with E-state index in [1.54, 1.807) is 19.4 Å². The normalized spacial score (nSPS) is 10.5. The van der Waals surface area contributed by atoms with Gasteiger partial charge < -0.3 is 15.6 Å². The number of amides is 1. The average molecular weight is 276 g/mol. The Balaban J connectivity index is 1.89. The molecule has 106 valence electrons. The largest absolute Gasteiger partial charge is 0.399 e. The first-order chi connectivity index (χ1) is 9.58. The molecule has 1 heterocycles. The molecule has 0 aliphatic carbocycles. The summed E-state index contributed by atoms with van der Waals surface area (Å²) in [7, 11) is 0. The lowest BCUT2D eigenvalue weighted by Crippen LogP contribution is -2.26. The Hall–Kier alpha value is -2.37. The number of benzene rings is 1. The number of aromatic nitrogens is 2. The molecular weight excluding hydrogens is 259 g/mol. The topological polar surface area (TPSA) is 72.9 Å². The van der Waals surface area contributed by atoms with E-state index in [4.69, 9.17) is 5.73 Å². The highest BCUT2D eigenvalue weighted by atomic mass is 19.1. The van der Waals surface area contributed by atoms with Gasteiger partial charge in [-0.15, -0.1) is 0 Å². The maximum absolute atomic E-state index is 13.8. The van der Waals surface area contributed by atoms with E-state index in [0.29, 0.717) is 17.8 Å². The van der Waals surface area contributed by atoms with Gasteiger partial charge in [-0.05, 0) is 31.0 Å². The Morgan fingerprint density at radius 2 is 2.30 bits per heavy atom. The van der Waals surface area contributed by atoms with Gasteiger partial charge in [0.2, 0.25) is 0 Å². The molecule has 5 nitrogen and oxygen atoms in total. The average Bonchev–Trinajstić information content (AvgIpc) is 2.91. The number of nitrogens with one attached hydrogen (secondary N) is 1. The van der Waals surface area contributed by atoms with Crippen LogP contribution in [-0.2, 0) is 6.54 Å². The minimum atomic E-state index is -0.522. The zero-order valence-electron chi connectivity index (χ0n) is 11.3. The van der Waals surface area contributed by atoms with Gasteiger partial charge >= 0.3 is 0 Å². The summed E-state index contributed by atoms with van der Waals surface area (Å²) in [4.78, 5) is 15.8. The lowest BCUT2D eigenvalue weighted by Gasteiger charge is -2.09. The van der Waals surface area contributed by atoms with E-state index in [0.717, 1.165) is 13.0 Å². The summed E-state index contributed by atoms with van der Waals surface area (Å²) in [5.74, 6) is -0.963. The van der Waals surface area contributed by atoms with E-state index < -0.39 is 11.7 Å². The molecule has 1 aromatic carbocycles. The molecule has 0 spiro atoms. The highest BCUT2D eigenvalue weighted by Crippen LogP contribution is 2.16. The van der Waals surface area contributed by atoms with Crippen molar-refractivity contribution in [1.82, 2.24) is 14.9 Å². The van der Waals surface area contributed by atoms with Crippen molar-refractivity contribution in [2.75, 3.05) is 12.3 Å². The number of halogens is 1. The fraction of sp³-hybridized carbons (Fsp3) is 0.286. The lowest BCUT2D eigenvalue weighted by molar-refractivity contribution is 0.0948. The number of imidazole rings is 1. The van der Waals surface area contributed by atoms with Crippen LogP contribution in [0.4, 0.5) is 10.1 Å². The zero-order valence-corrected chi connectivity index (χ0v) is 11.3. The zero-order chi connectivity index (χ0) is 14.5. The molecule has 0 saturated heterocycles. The number of anilines is 1. The van der Waals surface area contributed by atoms with Crippen LogP contribution in [0.2, 0.25) is 0 Å². The van der Waals surface area contributed by atoms with Crippen molar-refractivity contribution in [3.05, 3.63) is 47.8 Å². The first-order valence-corrected chi connectivity index (χ1v) is 6.37. The van der Waals surface area contributed by atoms with Crippen LogP contribution in [0.3, 0.4) is 0 Å². The Bertz CT molecular complexity index is 595. The summed E-state index contributed by atoms with van der Waals surface area (Å²) < 4.78 is 15.7. The molecule has 0 bridgehead atoms. The summed E-state index contributed by atoms with van der Waals surface area (Å²) in [5.41, 5.74) is 6.37. The molecule has 1 aromatic heterocycles. The van der Waals surface area contributed by atoms with Crippen LogP contribution >= 0.6 is 0 Å². The van der Waals surface area contributed by atoms with Crippen molar-refractivity contribution >= 4 is 11.6 Å². The van der Waals surface area contributed by atoms with Crippen LogP contribution in [0, 0.1) is 12.7 Å². The van der Waals surface area contributed by atoms with Crippen LogP contribution in [-0.4, -0.2) is 22.0 Å². The molecule has 3 N–H and O–H groups in total. The number of carbonyl (C=O) groups is 1. The highest BCUT2D eigenvalue weighted by molar-refractivity contribution is 5.95. The molecule has 2 rings (SSSR count). The van der Waals surface area contributed by atoms with Crippen LogP contribution in [0.5, 0.6) is 0 Å². The van der Waals surface area contributed by atoms with E-state index >= 15 is 0 Å². The fourth-order valence-electron chi connectivity index (χ4n) is 1.94. The van der Waals surface area contributed by atoms with Crippen LogP contribution in [0.1, 0.15) is 22.3 Å². The second kappa shape index (κ2) is 6.18. The van der Waals surface area contributed by atoms with E-state index in [9.17, 15) is 9.18 Å². The minimum Gasteiger partial charge on any atom is -0.399 e. The maximum Gasteiger partial charge on any atom is 0.254 e. The number of aryl methyl sites for hydroxylation is 2. The molecule has 1 amide bonds. The van der Waals surface area contributed by atoms with E-state index in [1.807, 2.05) is 10.8 Å². The molecule has 0 radical (unpaired) electrons. The number of nitrogens with zero attached hydrogens (tertiary/aromatic N) is 2. The number of hydrogen-bond donors (Lipinski definition) is 2. The van der Waals surface area contributed by atoms with Gasteiger partial charge in [0.05, 0.1) is 11.9 Å². The van der Waals surface area contributed by atoms with Gasteiger partial charge in [-0.25, -0.2) is 9.37 Å². The second-order valence-electron chi connectivity index (χ2n) is 4.61. The monoisotopic (exact) mass is 276 g/mol. The molecule has 0 fully saturated rings. The first kappa shape index (κ1) is 14.0. The summed E-state index contributed by atoms with van der Waals surface area (Å²) in [6.07, 6.45) is 6.00. The molecule has 20 heavy (non-hydrogen) atoms. The number of hydrogen-bond acceptors (Lipinski definition) is 3. The van der Waals surface area contributed by atoms with Crippen molar-refractivity contribution in [2.45, 2.75) is 19.9 Å². The highest BCUT2D eigenvalue weighted by Gasteiger charge is 2.14. The summed E-state index contributed by atoms with van der Waals surface area (Å²) >= 11 is 0. The van der Waals surface area contributed by atoms with E-state index in [2.05, 4.69) is 10.3 Å². The predicted octanol–water partition coefficient (Wildman–Crippen LogP) is 1.73. The number of nitrogens with two attached hydrogens (primary N) is 1. The van der Waals surface area contributed by atoms with Gasteiger partial charge in [0.15, 0.2) is 0 Å². The SMILES string of the molecule is Cc1cc(N)cc(C(=O)NCCCn2ccnc2)c1F. The van der Waals surface area contributed by atoms with E-state index in [-0.39, 0.29) is 5.56 Å². The number of rotatable bonds is 5. The van der Waals surface area contributed by atoms with Gasteiger partial charge in [-0.2, -0.15) is 0 Å². The summed E-state index contributed by atoms with van der Waals surface area (Å²) in [6.45, 7) is 2.80. The van der Waals surface area contributed by atoms with Crippen LogP contribution in [0.25, 0.3) is 0 Å². The Morgan fingerprint density at radius 3 is 3.00 bits per heavy atom. The van der Waals surface area contributed by atoms with Crippen LogP contribution in [0.15, 0.2) is 30.9 Å². The molecular formula is C14H17FN4O. The molecule has 0 atom stereocenters. The van der Waals surface area contributed by atoms with Crippen molar-refractivity contribution in [3.8, 4) is 0 Å². The molecule has 0 aliphatic rings. The number of carbonyl (C=O) groups excluding carboxylic acids is 1. The van der Waals surface area contributed by atoms with Gasteiger partial charge in [-0.1, -0.05) is 0 Å². The third-order valence-electron chi connectivity index (χ3n) is 2.96. The Labute approximate surface area is 116 Å². The number of nitrogen functional groups attached to an aromatic ring is 1. The molecule has 6 heteroatoms. The Morgan fingerprint density at radius 1 is 1.50 bits per heavy atom. The molecule has 0 unspecified atom stereocenters. The van der Waals surface area contributed by atoms with Gasteiger partial charge in [-0.3, -0.25) is 4.79 Å². The van der Waals surface area contributed by atoms with Gasteiger partial charge in [0.1, 0.15) is 5.82 Å². The van der Waals surface area contributed by atoms with Crippen molar-refractivity contribution in [3.63, 3.8) is 0 Å². The first-order valence-electron chi connectivity index (χ1n) is 6.37. The minimum absolute atomic E-state index is 0.00914. The third kappa shape index (κ3) is 3.34. The lowest BCUT2D eigenvalue weighted by atomic mass is 10.1. The third-order valence-corrected chi connectivity index (χ3v) is 2.96. The molecule has 0 saturated carbocycles. The van der Waals surface area contributed by atoms with Gasteiger partial charge in [0.25, 0.3) is 5.91 Å². The van der Waals surface area contributed by atoms with Crippen molar-refractivity contribution in [2.24, 2.45) is 0 Å². The Kier molecular flexibility index (Phi) is 4.34. The van der Waals surface area contributed by atoms with E-state index in [1.165, 1.54) is 12.1 Å². The smallest absolute Gasteiger partial charge is 0.254 e. The standard InChI is InChI=1S/C14H17FN4O/c1-10-7-11(16)8-12(13(10)15)14(20)18-3-2-5-19-6-4-17-9-19/h4,6-9H,2-3,5,16H2,1H3,(H,18,20).